The lowest BCUT2D eigenvalue weighted by molar-refractivity contribution is -0.119. The highest BCUT2D eigenvalue weighted by molar-refractivity contribution is 6.31. The zero-order valence-corrected chi connectivity index (χ0v) is 22.2. The molecule has 2 aromatic heterocycles. The highest BCUT2D eigenvalue weighted by Gasteiger charge is 2.51. The van der Waals surface area contributed by atoms with Crippen LogP contribution >= 0.6 is 11.6 Å². The van der Waals surface area contributed by atoms with E-state index in [4.69, 9.17) is 11.6 Å². The standard InChI is InChI=1S/C29H34ClN5O2/c1-29(15-16-29)25(21-10-6-7-11-22(21)30)26(34-27(36)24-14-17-32-35(24)2)28(37)33-20-12-13-23(31-18-20)19-8-4-3-5-9-19/h6-7,10-14,17-19,25-26H,3-5,8-9,15-16H2,1-2H3,(H,33,37)(H,34,36)/t25?,26-/m0/s1. The molecule has 2 aliphatic carbocycles. The summed E-state index contributed by atoms with van der Waals surface area (Å²) in [6, 6.07) is 12.3. The number of carbonyl (C=O) groups excluding carboxylic acids is 2. The van der Waals surface area contributed by atoms with E-state index in [1.165, 1.54) is 36.8 Å². The Morgan fingerprint density at radius 1 is 1.08 bits per heavy atom. The summed E-state index contributed by atoms with van der Waals surface area (Å²) in [6.07, 6.45) is 11.3. The van der Waals surface area contributed by atoms with Crippen molar-refractivity contribution in [3.63, 3.8) is 0 Å². The number of aryl methyl sites for hydroxylation is 1. The van der Waals surface area contributed by atoms with Crippen LogP contribution in [0.3, 0.4) is 0 Å². The number of hydrogen-bond donors (Lipinski definition) is 2. The Balaban J connectivity index is 1.43. The molecule has 194 valence electrons. The first-order chi connectivity index (χ1) is 17.9. The number of nitrogens with zero attached hydrogens (tertiary/aromatic N) is 3. The molecule has 2 N–H and O–H groups in total. The molecule has 3 aromatic rings. The first kappa shape index (κ1) is 25.5. The van der Waals surface area contributed by atoms with Crippen molar-refractivity contribution in [1.82, 2.24) is 20.1 Å². The Morgan fingerprint density at radius 3 is 2.46 bits per heavy atom. The molecule has 2 fully saturated rings. The third-order valence-electron chi connectivity index (χ3n) is 8.06. The number of pyridine rings is 1. The average Bonchev–Trinajstić information content (AvgIpc) is 3.50. The zero-order valence-electron chi connectivity index (χ0n) is 21.4. The maximum atomic E-state index is 13.9. The summed E-state index contributed by atoms with van der Waals surface area (Å²) in [5, 5.41) is 10.7. The molecule has 0 spiro atoms. The van der Waals surface area contributed by atoms with Gasteiger partial charge in [-0.25, -0.2) is 0 Å². The van der Waals surface area contributed by atoms with Gasteiger partial charge in [-0.3, -0.25) is 19.3 Å². The maximum absolute atomic E-state index is 13.9. The average molecular weight is 520 g/mol. The lowest BCUT2D eigenvalue weighted by Gasteiger charge is -2.33. The van der Waals surface area contributed by atoms with Crippen molar-refractivity contribution in [2.75, 3.05) is 5.32 Å². The number of anilines is 1. The van der Waals surface area contributed by atoms with Gasteiger partial charge in [0.05, 0.1) is 11.9 Å². The predicted molar refractivity (Wildman–Crippen MR) is 145 cm³/mol. The SMILES string of the molecule is Cn1nccc1C(=O)N[C@H](C(=O)Nc1ccc(C2CCCCC2)nc1)C(c1ccccc1Cl)C1(C)CC1. The van der Waals surface area contributed by atoms with Crippen LogP contribution in [-0.2, 0) is 11.8 Å². The minimum Gasteiger partial charge on any atom is -0.338 e. The van der Waals surface area contributed by atoms with Crippen LogP contribution < -0.4 is 10.6 Å². The predicted octanol–water partition coefficient (Wildman–Crippen LogP) is 5.84. The number of halogens is 1. The summed E-state index contributed by atoms with van der Waals surface area (Å²) in [4.78, 5) is 31.8. The smallest absolute Gasteiger partial charge is 0.270 e. The molecule has 7 nitrogen and oxygen atoms in total. The van der Waals surface area contributed by atoms with E-state index in [0.29, 0.717) is 22.3 Å². The Bertz CT molecular complexity index is 1260. The number of rotatable bonds is 8. The normalized spacial score (nSPS) is 18.6. The monoisotopic (exact) mass is 519 g/mol. The first-order valence-corrected chi connectivity index (χ1v) is 13.5. The van der Waals surface area contributed by atoms with Crippen molar-refractivity contribution in [2.24, 2.45) is 12.5 Å². The topological polar surface area (TPSA) is 88.9 Å². The third kappa shape index (κ3) is 5.57. The van der Waals surface area contributed by atoms with E-state index >= 15 is 0 Å². The molecule has 37 heavy (non-hydrogen) atoms. The van der Waals surface area contributed by atoms with Gasteiger partial charge in [0.2, 0.25) is 5.91 Å². The van der Waals surface area contributed by atoms with Crippen molar-refractivity contribution >= 4 is 29.1 Å². The van der Waals surface area contributed by atoms with E-state index in [0.717, 1.165) is 24.1 Å². The molecular formula is C29H34ClN5O2. The second-order valence-electron chi connectivity index (χ2n) is 10.7. The molecule has 0 radical (unpaired) electrons. The molecule has 8 heteroatoms. The number of amides is 2. The second kappa shape index (κ2) is 10.7. The van der Waals surface area contributed by atoms with Gasteiger partial charge in [0.1, 0.15) is 11.7 Å². The lowest BCUT2D eigenvalue weighted by atomic mass is 9.78. The number of benzene rings is 1. The molecule has 1 aromatic carbocycles. The number of aromatic nitrogens is 3. The van der Waals surface area contributed by atoms with Crippen molar-refractivity contribution in [2.45, 2.75) is 69.7 Å². The fraction of sp³-hybridized carbons (Fsp3) is 0.448. The van der Waals surface area contributed by atoms with Crippen LogP contribution in [0.25, 0.3) is 0 Å². The van der Waals surface area contributed by atoms with Gasteiger partial charge >= 0.3 is 0 Å². The second-order valence-corrected chi connectivity index (χ2v) is 11.1. The minimum absolute atomic E-state index is 0.157. The van der Waals surface area contributed by atoms with Crippen LogP contribution in [0.2, 0.25) is 5.02 Å². The highest BCUT2D eigenvalue weighted by Crippen LogP contribution is 2.58. The van der Waals surface area contributed by atoms with Gasteiger partial charge in [0, 0.05) is 35.8 Å². The molecule has 0 aliphatic heterocycles. The Morgan fingerprint density at radius 2 is 1.84 bits per heavy atom. The quantitative estimate of drug-likeness (QED) is 0.391. The number of carbonyl (C=O) groups is 2. The molecule has 2 amide bonds. The summed E-state index contributed by atoms with van der Waals surface area (Å²) >= 11 is 6.65. The van der Waals surface area contributed by atoms with E-state index in [-0.39, 0.29) is 23.1 Å². The summed E-state index contributed by atoms with van der Waals surface area (Å²) in [7, 11) is 1.71. The fourth-order valence-electron chi connectivity index (χ4n) is 5.64. The molecule has 0 bridgehead atoms. The molecular weight excluding hydrogens is 486 g/mol. The Hall–Kier alpha value is -3.19. The molecule has 1 unspecified atom stereocenters. The van der Waals surface area contributed by atoms with E-state index in [9.17, 15) is 9.59 Å². The molecule has 2 atom stereocenters. The van der Waals surface area contributed by atoms with Gasteiger partial charge in [0.15, 0.2) is 0 Å². The highest BCUT2D eigenvalue weighted by atomic mass is 35.5. The van der Waals surface area contributed by atoms with Crippen LogP contribution in [0.4, 0.5) is 5.69 Å². The first-order valence-electron chi connectivity index (χ1n) is 13.2. The molecule has 0 saturated heterocycles. The summed E-state index contributed by atoms with van der Waals surface area (Å²) in [5.74, 6) is -0.454. The molecule has 2 aliphatic rings. The maximum Gasteiger partial charge on any atom is 0.270 e. The van der Waals surface area contributed by atoms with Gasteiger partial charge in [-0.1, -0.05) is 56.0 Å². The van der Waals surface area contributed by atoms with E-state index in [1.807, 2.05) is 36.4 Å². The van der Waals surface area contributed by atoms with Gasteiger partial charge in [0.25, 0.3) is 5.91 Å². The van der Waals surface area contributed by atoms with Crippen LogP contribution in [0.5, 0.6) is 0 Å². The largest absolute Gasteiger partial charge is 0.338 e. The summed E-state index contributed by atoms with van der Waals surface area (Å²) < 4.78 is 1.50. The van der Waals surface area contributed by atoms with Crippen LogP contribution in [0.15, 0.2) is 54.9 Å². The van der Waals surface area contributed by atoms with Crippen LogP contribution in [0.1, 0.15) is 85.5 Å². The van der Waals surface area contributed by atoms with Gasteiger partial charge < -0.3 is 10.6 Å². The summed E-state index contributed by atoms with van der Waals surface area (Å²) in [5.41, 5.74) is 2.78. The number of nitrogens with one attached hydrogen (secondary N) is 2. The minimum atomic E-state index is -0.840. The van der Waals surface area contributed by atoms with Crippen LogP contribution in [-0.4, -0.2) is 32.6 Å². The molecule has 2 saturated carbocycles. The lowest BCUT2D eigenvalue weighted by Crippen LogP contribution is -2.50. The van der Waals surface area contributed by atoms with Gasteiger partial charge in [-0.2, -0.15) is 5.10 Å². The van der Waals surface area contributed by atoms with Crippen molar-refractivity contribution in [3.05, 3.63) is 76.8 Å². The van der Waals surface area contributed by atoms with E-state index in [2.05, 4.69) is 27.6 Å². The van der Waals surface area contributed by atoms with E-state index < -0.39 is 6.04 Å². The van der Waals surface area contributed by atoms with Gasteiger partial charge in [-0.15, -0.1) is 0 Å². The Kier molecular flexibility index (Phi) is 7.33. The Labute approximate surface area is 223 Å². The fourth-order valence-corrected chi connectivity index (χ4v) is 5.90. The van der Waals surface area contributed by atoms with E-state index in [1.54, 1.807) is 25.5 Å². The van der Waals surface area contributed by atoms with Gasteiger partial charge in [-0.05, 0) is 60.9 Å². The molecule has 2 heterocycles. The number of hydrogen-bond acceptors (Lipinski definition) is 4. The summed E-state index contributed by atoms with van der Waals surface area (Å²) in [6.45, 7) is 2.15. The third-order valence-corrected chi connectivity index (χ3v) is 8.41. The van der Waals surface area contributed by atoms with Crippen LogP contribution in [0, 0.1) is 5.41 Å². The zero-order chi connectivity index (χ0) is 26.0. The van der Waals surface area contributed by atoms with Crippen molar-refractivity contribution in [1.29, 1.82) is 0 Å². The van der Waals surface area contributed by atoms with Crippen molar-refractivity contribution < 1.29 is 9.59 Å². The molecule has 5 rings (SSSR count). The van der Waals surface area contributed by atoms with Crippen molar-refractivity contribution in [3.8, 4) is 0 Å².